The van der Waals surface area contributed by atoms with Crippen molar-refractivity contribution in [3.63, 3.8) is 0 Å². The maximum absolute atomic E-state index is 10.9. The highest BCUT2D eigenvalue weighted by Crippen LogP contribution is 2.42. The molecule has 1 fully saturated rings. The number of carbonyl (C=O) groups is 1. The lowest BCUT2D eigenvalue weighted by atomic mass is 10.3. The predicted molar refractivity (Wildman–Crippen MR) is 72.4 cm³/mol. The molecular weight excluding hydrogens is 336 g/mol. The molecule has 88 valence electrons. The van der Waals surface area contributed by atoms with Gasteiger partial charge < -0.3 is 4.74 Å². The van der Waals surface area contributed by atoms with Crippen molar-refractivity contribution in [3.05, 3.63) is 33.8 Å². The first-order valence-electron chi connectivity index (χ1n) is 5.18. The molecule has 0 heterocycles. The number of rotatable bonds is 5. The number of esters is 1. The van der Waals surface area contributed by atoms with Crippen molar-refractivity contribution in [2.45, 2.75) is 13.3 Å². The predicted octanol–water partition coefficient (Wildman–Crippen LogP) is 3.93. The lowest BCUT2D eigenvalue weighted by molar-refractivity contribution is -0.137. The molecule has 1 aliphatic rings. The van der Waals surface area contributed by atoms with Gasteiger partial charge in [-0.05, 0) is 57.0 Å². The minimum Gasteiger partial charge on any atom is -0.463 e. The maximum Gasteiger partial charge on any atom is 0.330 e. The summed E-state index contributed by atoms with van der Waals surface area (Å²) in [5, 5.41) is 0. The van der Waals surface area contributed by atoms with Gasteiger partial charge >= 0.3 is 5.97 Å². The molecule has 0 saturated heterocycles. The first-order chi connectivity index (χ1) is 7.63. The molecule has 2 nitrogen and oxygen atoms in total. The fourth-order valence-corrected chi connectivity index (χ4v) is 2.02. The Morgan fingerprint density at radius 2 is 2.12 bits per heavy atom. The molecule has 2 unspecified atom stereocenters. The van der Waals surface area contributed by atoms with E-state index in [0.717, 1.165) is 3.39 Å². The summed E-state index contributed by atoms with van der Waals surface area (Å²) in [5.74, 6) is 0.917. The SMILES string of the molecule is CCOC(=O)/C=C/C=C/C1CC1C=C(Br)Br. The van der Waals surface area contributed by atoms with E-state index < -0.39 is 0 Å². The standard InChI is InChI=1S/C12H14Br2O2/c1-2-16-12(15)6-4-3-5-9-7-10(9)8-11(13)14/h3-6,8-10H,2,7H2,1H3/b5-3+,6-4+. The normalized spacial score (nSPS) is 23.7. The van der Waals surface area contributed by atoms with Gasteiger partial charge in [0.1, 0.15) is 0 Å². The van der Waals surface area contributed by atoms with Gasteiger partial charge in [-0.15, -0.1) is 0 Å². The molecular formula is C12H14Br2O2. The Hall–Kier alpha value is -0.350. The summed E-state index contributed by atoms with van der Waals surface area (Å²) in [6, 6.07) is 0. The molecule has 1 rings (SSSR count). The highest BCUT2D eigenvalue weighted by molar-refractivity contribution is 9.28. The second kappa shape index (κ2) is 7.07. The molecule has 0 aromatic heterocycles. The van der Waals surface area contributed by atoms with E-state index in [9.17, 15) is 4.79 Å². The van der Waals surface area contributed by atoms with E-state index in [2.05, 4.69) is 44.0 Å². The van der Waals surface area contributed by atoms with Crippen molar-refractivity contribution in [3.8, 4) is 0 Å². The summed E-state index contributed by atoms with van der Waals surface area (Å²) in [5.41, 5.74) is 0. The summed E-state index contributed by atoms with van der Waals surface area (Å²) in [7, 11) is 0. The number of allylic oxidation sites excluding steroid dienone is 4. The molecule has 0 aliphatic heterocycles. The van der Waals surface area contributed by atoms with Gasteiger partial charge in [0.2, 0.25) is 0 Å². The Labute approximate surface area is 113 Å². The van der Waals surface area contributed by atoms with Crippen molar-refractivity contribution in [1.82, 2.24) is 0 Å². The zero-order chi connectivity index (χ0) is 12.0. The first-order valence-corrected chi connectivity index (χ1v) is 6.76. The number of halogens is 2. The van der Waals surface area contributed by atoms with E-state index in [4.69, 9.17) is 4.74 Å². The van der Waals surface area contributed by atoms with Gasteiger partial charge in [-0.1, -0.05) is 24.3 Å². The maximum atomic E-state index is 10.9. The van der Waals surface area contributed by atoms with Crippen LogP contribution < -0.4 is 0 Å². The summed E-state index contributed by atoms with van der Waals surface area (Å²) in [6.45, 7) is 2.21. The molecule has 1 saturated carbocycles. The smallest absolute Gasteiger partial charge is 0.330 e. The molecule has 16 heavy (non-hydrogen) atoms. The monoisotopic (exact) mass is 348 g/mol. The van der Waals surface area contributed by atoms with Crippen LogP contribution in [0.15, 0.2) is 33.8 Å². The first kappa shape index (κ1) is 13.7. The zero-order valence-corrected chi connectivity index (χ0v) is 12.2. The molecule has 0 radical (unpaired) electrons. The average Bonchev–Trinajstić information content (AvgIpc) is 2.91. The van der Waals surface area contributed by atoms with Gasteiger partial charge in [0, 0.05) is 6.08 Å². The molecule has 0 spiro atoms. The van der Waals surface area contributed by atoms with Gasteiger partial charge in [0.15, 0.2) is 0 Å². The van der Waals surface area contributed by atoms with E-state index in [-0.39, 0.29) is 5.97 Å². The number of ether oxygens (including phenoxy) is 1. The van der Waals surface area contributed by atoms with Crippen LogP contribution in [0.2, 0.25) is 0 Å². The van der Waals surface area contributed by atoms with Gasteiger partial charge in [-0.2, -0.15) is 0 Å². The third kappa shape index (κ3) is 5.66. The van der Waals surface area contributed by atoms with Gasteiger partial charge in [0.05, 0.1) is 10.00 Å². The molecule has 0 aromatic carbocycles. The van der Waals surface area contributed by atoms with E-state index in [1.807, 2.05) is 6.08 Å². The van der Waals surface area contributed by atoms with Crippen molar-refractivity contribution >= 4 is 37.8 Å². The van der Waals surface area contributed by atoms with E-state index in [0.29, 0.717) is 18.4 Å². The van der Waals surface area contributed by atoms with Crippen LogP contribution in [0.25, 0.3) is 0 Å². The highest BCUT2D eigenvalue weighted by atomic mass is 79.9. The van der Waals surface area contributed by atoms with Crippen molar-refractivity contribution in [2.75, 3.05) is 6.61 Å². The van der Waals surface area contributed by atoms with E-state index >= 15 is 0 Å². The van der Waals surface area contributed by atoms with Crippen LogP contribution in [0.1, 0.15) is 13.3 Å². The molecule has 0 amide bonds. The number of hydrogen-bond donors (Lipinski definition) is 0. The fraction of sp³-hybridized carbons (Fsp3) is 0.417. The van der Waals surface area contributed by atoms with Crippen molar-refractivity contribution in [2.24, 2.45) is 11.8 Å². The molecule has 0 bridgehead atoms. The average molecular weight is 350 g/mol. The third-order valence-corrected chi connectivity index (χ3v) is 2.75. The van der Waals surface area contributed by atoms with E-state index in [1.54, 1.807) is 13.0 Å². The topological polar surface area (TPSA) is 26.3 Å². The van der Waals surface area contributed by atoms with Crippen molar-refractivity contribution in [1.29, 1.82) is 0 Å². The molecule has 2 atom stereocenters. The molecule has 0 aromatic rings. The number of hydrogen-bond acceptors (Lipinski definition) is 2. The molecule has 0 N–H and O–H groups in total. The van der Waals surface area contributed by atoms with Crippen LogP contribution >= 0.6 is 31.9 Å². The second-order valence-corrected chi connectivity index (χ2v) is 6.29. The zero-order valence-electron chi connectivity index (χ0n) is 9.03. The highest BCUT2D eigenvalue weighted by Gasteiger charge is 2.32. The summed E-state index contributed by atoms with van der Waals surface area (Å²) in [6.07, 6.45) is 10.5. The second-order valence-electron chi connectivity index (χ2n) is 3.52. The van der Waals surface area contributed by atoms with Gasteiger partial charge in [-0.3, -0.25) is 0 Å². The Bertz CT molecular complexity index is 328. The summed E-state index contributed by atoms with van der Waals surface area (Å²) < 4.78 is 5.76. The van der Waals surface area contributed by atoms with E-state index in [1.165, 1.54) is 12.5 Å². The van der Waals surface area contributed by atoms with Crippen LogP contribution in [-0.2, 0) is 9.53 Å². The Morgan fingerprint density at radius 3 is 2.75 bits per heavy atom. The Kier molecular flexibility index (Phi) is 6.06. The number of carbonyl (C=O) groups excluding carboxylic acids is 1. The van der Waals surface area contributed by atoms with Crippen molar-refractivity contribution < 1.29 is 9.53 Å². The van der Waals surface area contributed by atoms with Crippen LogP contribution in [0.4, 0.5) is 0 Å². The fourth-order valence-electron chi connectivity index (χ4n) is 1.34. The molecule has 1 aliphatic carbocycles. The summed E-state index contributed by atoms with van der Waals surface area (Å²) >= 11 is 6.68. The Balaban J connectivity index is 2.25. The largest absolute Gasteiger partial charge is 0.463 e. The minimum atomic E-state index is -0.289. The lowest BCUT2D eigenvalue weighted by Crippen LogP contribution is -1.98. The van der Waals surface area contributed by atoms with Gasteiger partial charge in [-0.25, -0.2) is 4.79 Å². The van der Waals surface area contributed by atoms with Crippen LogP contribution in [0, 0.1) is 11.8 Å². The van der Waals surface area contributed by atoms with Crippen LogP contribution in [0.5, 0.6) is 0 Å². The summed E-state index contributed by atoms with van der Waals surface area (Å²) in [4.78, 5) is 10.9. The van der Waals surface area contributed by atoms with Crippen LogP contribution in [-0.4, -0.2) is 12.6 Å². The van der Waals surface area contributed by atoms with Crippen LogP contribution in [0.3, 0.4) is 0 Å². The quantitative estimate of drug-likeness (QED) is 0.427. The lowest BCUT2D eigenvalue weighted by Gasteiger charge is -1.92. The molecule has 4 heteroatoms. The Morgan fingerprint density at radius 1 is 1.38 bits per heavy atom. The third-order valence-electron chi connectivity index (χ3n) is 2.22. The minimum absolute atomic E-state index is 0.289. The van der Waals surface area contributed by atoms with Gasteiger partial charge in [0.25, 0.3) is 0 Å².